The second-order valence-electron chi connectivity index (χ2n) is 6.59. The van der Waals surface area contributed by atoms with Crippen LogP contribution in [-0.4, -0.2) is 30.5 Å². The van der Waals surface area contributed by atoms with E-state index in [0.717, 1.165) is 6.07 Å². The highest BCUT2D eigenvalue weighted by molar-refractivity contribution is 6.07. The monoisotopic (exact) mass is 424 g/mol. The number of aryl methyl sites for hydroxylation is 1. The van der Waals surface area contributed by atoms with Crippen LogP contribution in [0.1, 0.15) is 12.5 Å². The van der Waals surface area contributed by atoms with Crippen molar-refractivity contribution in [3.63, 3.8) is 0 Å². The molecule has 0 bridgehead atoms. The molecule has 0 spiro atoms. The number of H-pyrrole nitrogens is 1. The fourth-order valence-electron chi connectivity index (χ4n) is 3.63. The number of nitrogens with one attached hydrogen (secondary N) is 1. The van der Waals surface area contributed by atoms with Crippen molar-refractivity contribution < 1.29 is 9.85 Å². The number of nitrogens with zero attached hydrogens (tertiary/aromatic N) is 5. The first kappa shape index (κ1) is 19.6. The lowest BCUT2D eigenvalue weighted by atomic mass is 9.88. The summed E-state index contributed by atoms with van der Waals surface area (Å²) in [4.78, 5) is 45.7. The molecule has 31 heavy (non-hydrogen) atoms. The quantitative estimate of drug-likeness (QED) is 0.176. The molecule has 0 atom stereocenters. The highest BCUT2D eigenvalue weighted by Crippen LogP contribution is 2.47. The van der Waals surface area contributed by atoms with Gasteiger partial charge >= 0.3 is 11.4 Å². The normalized spacial score (nSPS) is 11.3. The third-order valence-electron chi connectivity index (χ3n) is 5.04. The summed E-state index contributed by atoms with van der Waals surface area (Å²) in [5.41, 5.74) is 8.19. The average Bonchev–Trinajstić information content (AvgIpc) is 3.26. The van der Waals surface area contributed by atoms with Gasteiger partial charge in [0.2, 0.25) is 16.7 Å². The topological polar surface area (TPSA) is 227 Å². The van der Waals surface area contributed by atoms with Crippen LogP contribution in [-0.2, 0) is 6.42 Å². The number of hydrogen-bond acceptors (Lipinski definition) is 11. The highest BCUT2D eigenvalue weighted by Gasteiger charge is 2.34. The second kappa shape index (κ2) is 6.65. The lowest BCUT2D eigenvalue weighted by Gasteiger charge is -2.16. The molecule has 0 aliphatic carbocycles. The predicted octanol–water partition coefficient (Wildman–Crippen LogP) is 0.826. The summed E-state index contributed by atoms with van der Waals surface area (Å²) in [6.07, 6.45) is 0.235. The SMILES string of the molecule is CCc1cc(-c2nn[nH]n2)c(N)c([N+](=O)[O-])c1-c1cc2c(=O)c(=O)c2c([N+](=O)[O-])c1N. The van der Waals surface area contributed by atoms with Crippen molar-refractivity contribution >= 4 is 33.5 Å². The zero-order valence-electron chi connectivity index (χ0n) is 15.7. The number of nitro groups is 2. The Kier molecular flexibility index (Phi) is 4.20. The number of benzene rings is 2. The highest BCUT2D eigenvalue weighted by atomic mass is 16.6. The van der Waals surface area contributed by atoms with E-state index in [4.69, 9.17) is 11.5 Å². The summed E-state index contributed by atoms with van der Waals surface area (Å²) in [5.74, 6) is 0.0127. The van der Waals surface area contributed by atoms with Gasteiger partial charge in [-0.2, -0.15) is 5.21 Å². The Bertz CT molecular complexity index is 1480. The smallest absolute Gasteiger partial charge is 0.304 e. The standard InChI is InChI=1S/C17H12N8O6/c1-2-5-3-8(17-20-22-23-21-17)12(19)13(24(28)29)9(5)6-4-7-10(16(27)15(7)26)14(11(6)18)25(30)31/h3-4H,2,18-19H2,1H3,(H,20,21,22,23). The Balaban J connectivity index is 2.17. The number of tetrazole rings is 1. The number of nitro benzene ring substituents is 2. The van der Waals surface area contributed by atoms with E-state index in [1.165, 1.54) is 6.07 Å². The second-order valence-corrected chi connectivity index (χ2v) is 6.59. The van der Waals surface area contributed by atoms with Crippen molar-refractivity contribution in [3.8, 4) is 22.5 Å². The van der Waals surface area contributed by atoms with Gasteiger partial charge in [-0.15, -0.1) is 10.2 Å². The number of nitrogen functional groups attached to an aromatic ring is 2. The van der Waals surface area contributed by atoms with Gasteiger partial charge in [-0.25, -0.2) is 0 Å². The molecule has 0 aliphatic rings. The number of aromatic nitrogens is 4. The molecule has 0 amide bonds. The average molecular weight is 424 g/mol. The van der Waals surface area contributed by atoms with Crippen molar-refractivity contribution in [3.05, 3.63) is 58.4 Å². The Morgan fingerprint density at radius 1 is 1.00 bits per heavy atom. The summed E-state index contributed by atoms with van der Waals surface area (Å²) in [7, 11) is 0. The Morgan fingerprint density at radius 2 is 1.65 bits per heavy atom. The lowest BCUT2D eigenvalue weighted by molar-refractivity contribution is -0.383. The van der Waals surface area contributed by atoms with E-state index in [-0.39, 0.29) is 40.0 Å². The van der Waals surface area contributed by atoms with Crippen molar-refractivity contribution in [2.75, 3.05) is 11.5 Å². The molecule has 14 heteroatoms. The maximum Gasteiger partial charge on any atom is 0.304 e. The molecule has 0 saturated carbocycles. The summed E-state index contributed by atoms with van der Waals surface area (Å²) >= 11 is 0. The van der Waals surface area contributed by atoms with E-state index in [2.05, 4.69) is 20.6 Å². The van der Waals surface area contributed by atoms with Crippen LogP contribution in [0.15, 0.2) is 21.7 Å². The molecule has 14 nitrogen and oxygen atoms in total. The van der Waals surface area contributed by atoms with Crippen LogP contribution in [0.3, 0.4) is 0 Å². The van der Waals surface area contributed by atoms with Crippen molar-refractivity contribution in [2.24, 2.45) is 0 Å². The van der Waals surface area contributed by atoms with Gasteiger partial charge in [-0.1, -0.05) is 6.92 Å². The first-order valence-electron chi connectivity index (χ1n) is 8.72. The molecular weight excluding hydrogens is 412 g/mol. The Labute approximate surface area is 170 Å². The van der Waals surface area contributed by atoms with Crippen molar-refractivity contribution in [2.45, 2.75) is 13.3 Å². The van der Waals surface area contributed by atoms with E-state index in [1.54, 1.807) is 6.92 Å². The van der Waals surface area contributed by atoms with Crippen LogP contribution in [0, 0.1) is 20.2 Å². The van der Waals surface area contributed by atoms with E-state index in [0.29, 0.717) is 5.56 Å². The molecule has 1 heterocycles. The Hall–Kier alpha value is -4.75. The van der Waals surface area contributed by atoms with Gasteiger partial charge in [0.15, 0.2) is 0 Å². The number of fused-ring (bicyclic) bond motifs is 1. The minimum atomic E-state index is -1.03. The molecule has 0 aliphatic heterocycles. The van der Waals surface area contributed by atoms with E-state index in [9.17, 15) is 29.8 Å². The molecule has 1 aromatic heterocycles. The van der Waals surface area contributed by atoms with Gasteiger partial charge in [0.05, 0.1) is 21.0 Å². The molecule has 3 aromatic carbocycles. The summed E-state index contributed by atoms with van der Waals surface area (Å²) in [5, 5.41) is 36.2. The van der Waals surface area contributed by atoms with Crippen LogP contribution in [0.25, 0.3) is 33.3 Å². The van der Waals surface area contributed by atoms with E-state index >= 15 is 0 Å². The molecule has 5 N–H and O–H groups in total. The zero-order chi connectivity index (χ0) is 22.6. The summed E-state index contributed by atoms with van der Waals surface area (Å²) in [6.45, 7) is 1.69. The fourth-order valence-corrected chi connectivity index (χ4v) is 3.63. The van der Waals surface area contributed by atoms with Crippen LogP contribution in [0.2, 0.25) is 0 Å². The number of aromatic amines is 1. The molecule has 0 fully saturated rings. The maximum absolute atomic E-state index is 12.0. The molecule has 0 saturated heterocycles. The molecule has 4 rings (SSSR count). The van der Waals surface area contributed by atoms with Crippen LogP contribution < -0.4 is 22.3 Å². The van der Waals surface area contributed by atoms with Crippen molar-refractivity contribution in [1.82, 2.24) is 20.6 Å². The molecule has 0 radical (unpaired) electrons. The van der Waals surface area contributed by atoms with Gasteiger partial charge < -0.3 is 11.5 Å². The fraction of sp³-hybridized carbons (Fsp3) is 0.118. The largest absolute Gasteiger partial charge is 0.393 e. The minimum Gasteiger partial charge on any atom is -0.393 e. The van der Waals surface area contributed by atoms with Gasteiger partial charge in [0.1, 0.15) is 16.8 Å². The summed E-state index contributed by atoms with van der Waals surface area (Å²) in [6, 6.07) is 2.64. The number of anilines is 2. The molecule has 0 unspecified atom stereocenters. The number of rotatable bonds is 5. The van der Waals surface area contributed by atoms with Gasteiger partial charge in [0, 0.05) is 10.9 Å². The maximum atomic E-state index is 12.0. The molecular formula is C17H12N8O6. The van der Waals surface area contributed by atoms with Crippen molar-refractivity contribution in [1.29, 1.82) is 0 Å². The number of hydrogen-bond donors (Lipinski definition) is 3. The third kappa shape index (κ3) is 2.61. The van der Waals surface area contributed by atoms with Crippen LogP contribution >= 0.6 is 0 Å². The summed E-state index contributed by atoms with van der Waals surface area (Å²) < 4.78 is 0. The van der Waals surface area contributed by atoms with Gasteiger partial charge in [-0.05, 0) is 29.3 Å². The lowest BCUT2D eigenvalue weighted by Crippen LogP contribution is -2.31. The Morgan fingerprint density at radius 3 is 2.19 bits per heavy atom. The zero-order valence-corrected chi connectivity index (χ0v) is 15.7. The van der Waals surface area contributed by atoms with Gasteiger partial charge in [0.25, 0.3) is 0 Å². The predicted molar refractivity (Wildman–Crippen MR) is 109 cm³/mol. The first-order chi connectivity index (χ1) is 14.7. The van der Waals surface area contributed by atoms with Gasteiger partial charge in [-0.3, -0.25) is 29.8 Å². The number of nitrogens with two attached hydrogens (primary N) is 2. The third-order valence-corrected chi connectivity index (χ3v) is 5.04. The minimum absolute atomic E-state index is 0.0127. The molecule has 4 aromatic rings. The van der Waals surface area contributed by atoms with E-state index in [1.807, 2.05) is 0 Å². The van der Waals surface area contributed by atoms with Crippen LogP contribution in [0.5, 0.6) is 0 Å². The van der Waals surface area contributed by atoms with Crippen LogP contribution in [0.4, 0.5) is 22.7 Å². The van der Waals surface area contributed by atoms with E-state index < -0.39 is 43.2 Å². The molecule has 156 valence electrons. The first-order valence-corrected chi connectivity index (χ1v) is 8.72.